The molecule has 1 aliphatic rings. The number of pyridine rings is 1. The highest BCUT2D eigenvalue weighted by atomic mass is 19.1. The monoisotopic (exact) mass is 348 g/mol. The van der Waals surface area contributed by atoms with Crippen molar-refractivity contribution in [3.63, 3.8) is 0 Å². The van der Waals surface area contributed by atoms with Crippen LogP contribution in [0.25, 0.3) is 10.9 Å². The van der Waals surface area contributed by atoms with Gasteiger partial charge in [0.25, 0.3) is 0 Å². The molecule has 0 saturated heterocycles. The Labute approximate surface area is 152 Å². The highest BCUT2D eigenvalue weighted by Crippen LogP contribution is 2.39. The molecule has 0 aliphatic carbocycles. The van der Waals surface area contributed by atoms with E-state index in [-0.39, 0.29) is 11.6 Å². The van der Waals surface area contributed by atoms with Gasteiger partial charge in [0.15, 0.2) is 11.6 Å². The fraction of sp³-hybridized carbons (Fsp3) is 0.273. The van der Waals surface area contributed by atoms with Crippen LogP contribution in [0.3, 0.4) is 0 Å². The van der Waals surface area contributed by atoms with Crippen molar-refractivity contribution in [3.05, 3.63) is 71.7 Å². The Morgan fingerprint density at radius 1 is 0.962 bits per heavy atom. The van der Waals surface area contributed by atoms with E-state index in [0.717, 1.165) is 16.5 Å². The van der Waals surface area contributed by atoms with Gasteiger partial charge in [-0.3, -0.25) is 9.98 Å². The highest BCUT2D eigenvalue weighted by molar-refractivity contribution is 6.15. The molecule has 1 aromatic heterocycles. The Morgan fingerprint density at radius 3 is 2.54 bits per heavy atom. The third kappa shape index (κ3) is 2.57. The molecule has 1 aliphatic heterocycles. The summed E-state index contributed by atoms with van der Waals surface area (Å²) in [5.41, 5.74) is 1.90. The summed E-state index contributed by atoms with van der Waals surface area (Å²) >= 11 is 0. The van der Waals surface area contributed by atoms with Gasteiger partial charge in [-0.1, -0.05) is 24.3 Å². The third-order valence-electron chi connectivity index (χ3n) is 5.31. The van der Waals surface area contributed by atoms with Gasteiger partial charge in [-0.25, -0.2) is 4.39 Å². The molecule has 26 heavy (non-hydrogen) atoms. The molecule has 0 N–H and O–H groups in total. The zero-order chi connectivity index (χ0) is 18.5. The van der Waals surface area contributed by atoms with Crippen molar-refractivity contribution in [2.75, 3.05) is 0 Å². The topological polar surface area (TPSA) is 34.5 Å². The van der Waals surface area contributed by atoms with Crippen molar-refractivity contribution < 1.29 is 9.13 Å². The van der Waals surface area contributed by atoms with Gasteiger partial charge in [-0.15, -0.1) is 0 Å². The second-order valence-corrected chi connectivity index (χ2v) is 7.67. The van der Waals surface area contributed by atoms with Crippen LogP contribution in [0, 0.1) is 5.82 Å². The van der Waals surface area contributed by atoms with Crippen molar-refractivity contribution in [1.82, 2.24) is 4.98 Å². The molecule has 0 radical (unpaired) electrons. The Kier molecular flexibility index (Phi) is 3.62. The van der Waals surface area contributed by atoms with Crippen LogP contribution in [-0.2, 0) is 0 Å². The largest absolute Gasteiger partial charge is 0.482 e. The Balaban J connectivity index is 2.00. The number of nitrogens with zero attached hydrogens (tertiary/aromatic N) is 2. The fourth-order valence-electron chi connectivity index (χ4n) is 3.07. The standard InChI is InChI=1S/C22H21FN2O/c1-21(2)22(3,4)26-20-16(9-7-10-17(20)23)19(25-21)15-12-14-8-5-6-11-18(14)24-13-15/h5-13H,1-4H3. The molecule has 0 saturated carbocycles. The number of aromatic nitrogens is 1. The maximum absolute atomic E-state index is 14.6. The van der Waals surface area contributed by atoms with Crippen LogP contribution in [0.1, 0.15) is 38.8 Å². The summed E-state index contributed by atoms with van der Waals surface area (Å²) in [7, 11) is 0. The smallest absolute Gasteiger partial charge is 0.165 e. The van der Waals surface area contributed by atoms with Crippen molar-refractivity contribution >= 4 is 16.6 Å². The molecule has 0 fully saturated rings. The molecule has 3 nitrogen and oxygen atoms in total. The minimum Gasteiger partial charge on any atom is -0.482 e. The second-order valence-electron chi connectivity index (χ2n) is 7.67. The van der Waals surface area contributed by atoms with Crippen molar-refractivity contribution in [3.8, 4) is 5.75 Å². The van der Waals surface area contributed by atoms with E-state index in [1.165, 1.54) is 6.07 Å². The Morgan fingerprint density at radius 2 is 1.73 bits per heavy atom. The molecule has 2 heterocycles. The number of benzene rings is 2. The first-order chi connectivity index (χ1) is 12.3. The lowest BCUT2D eigenvalue weighted by Gasteiger charge is -2.37. The Bertz CT molecular complexity index is 1040. The number of hydrogen-bond acceptors (Lipinski definition) is 3. The lowest BCUT2D eigenvalue weighted by atomic mass is 9.86. The number of fused-ring (bicyclic) bond motifs is 2. The number of ether oxygens (including phenoxy) is 1. The average molecular weight is 348 g/mol. The maximum atomic E-state index is 14.6. The average Bonchev–Trinajstić information content (AvgIpc) is 2.68. The van der Waals surface area contributed by atoms with Gasteiger partial charge in [-0.2, -0.15) is 0 Å². The molecule has 4 rings (SSSR count). The predicted molar refractivity (Wildman–Crippen MR) is 103 cm³/mol. The summed E-state index contributed by atoms with van der Waals surface area (Å²) < 4.78 is 20.7. The number of rotatable bonds is 1. The van der Waals surface area contributed by atoms with E-state index in [9.17, 15) is 4.39 Å². The van der Waals surface area contributed by atoms with Crippen LogP contribution in [0.2, 0.25) is 0 Å². The SMILES string of the molecule is CC1(C)N=C(c2cnc3ccccc3c2)c2cccc(F)c2OC1(C)C. The van der Waals surface area contributed by atoms with Gasteiger partial charge in [-0.05, 0) is 52.0 Å². The van der Waals surface area contributed by atoms with E-state index in [0.29, 0.717) is 11.3 Å². The van der Waals surface area contributed by atoms with Crippen LogP contribution < -0.4 is 4.74 Å². The number of para-hydroxylation sites is 2. The number of aliphatic imine (C=N–C) groups is 1. The third-order valence-corrected chi connectivity index (χ3v) is 5.31. The summed E-state index contributed by atoms with van der Waals surface area (Å²) in [5, 5.41) is 1.02. The molecular weight excluding hydrogens is 327 g/mol. The summed E-state index contributed by atoms with van der Waals surface area (Å²) in [6.45, 7) is 7.89. The minimum atomic E-state index is -0.671. The molecule has 0 amide bonds. The fourth-order valence-corrected chi connectivity index (χ4v) is 3.07. The molecular formula is C22H21FN2O. The van der Waals surface area contributed by atoms with E-state index in [4.69, 9.17) is 9.73 Å². The molecule has 4 heteroatoms. The highest BCUT2D eigenvalue weighted by Gasteiger charge is 2.43. The lowest BCUT2D eigenvalue weighted by molar-refractivity contribution is 0.0403. The van der Waals surface area contributed by atoms with Crippen LogP contribution in [0.5, 0.6) is 5.75 Å². The van der Waals surface area contributed by atoms with Crippen molar-refractivity contribution in [1.29, 1.82) is 0 Å². The van der Waals surface area contributed by atoms with E-state index in [2.05, 4.69) is 4.98 Å². The Hall–Kier alpha value is -2.75. The van der Waals surface area contributed by atoms with Gasteiger partial charge < -0.3 is 4.74 Å². The first-order valence-electron chi connectivity index (χ1n) is 8.71. The first-order valence-corrected chi connectivity index (χ1v) is 8.71. The van der Waals surface area contributed by atoms with E-state index in [1.807, 2.05) is 64.1 Å². The normalized spacial score (nSPS) is 17.8. The van der Waals surface area contributed by atoms with Crippen LogP contribution in [-0.4, -0.2) is 21.8 Å². The summed E-state index contributed by atoms with van der Waals surface area (Å²) in [6, 6.07) is 14.9. The van der Waals surface area contributed by atoms with Gasteiger partial charge in [0.1, 0.15) is 5.60 Å². The molecule has 0 bridgehead atoms. The predicted octanol–water partition coefficient (Wildman–Crippen LogP) is 5.16. The van der Waals surface area contributed by atoms with Gasteiger partial charge in [0.05, 0.1) is 16.8 Å². The maximum Gasteiger partial charge on any atom is 0.165 e. The van der Waals surface area contributed by atoms with Gasteiger partial charge >= 0.3 is 0 Å². The van der Waals surface area contributed by atoms with Crippen LogP contribution in [0.15, 0.2) is 59.7 Å². The molecule has 3 aromatic rings. The van der Waals surface area contributed by atoms with Crippen LogP contribution >= 0.6 is 0 Å². The zero-order valence-corrected chi connectivity index (χ0v) is 15.4. The summed E-state index contributed by atoms with van der Waals surface area (Å²) in [6.07, 6.45) is 1.80. The summed E-state index contributed by atoms with van der Waals surface area (Å²) in [5.74, 6) is -0.135. The molecule has 0 spiro atoms. The summed E-state index contributed by atoms with van der Waals surface area (Å²) in [4.78, 5) is 9.56. The number of hydrogen-bond donors (Lipinski definition) is 0. The van der Waals surface area contributed by atoms with E-state index < -0.39 is 11.1 Å². The van der Waals surface area contributed by atoms with E-state index in [1.54, 1.807) is 12.3 Å². The van der Waals surface area contributed by atoms with Gasteiger partial charge in [0, 0.05) is 22.7 Å². The molecule has 0 atom stereocenters. The molecule has 2 aromatic carbocycles. The lowest BCUT2D eigenvalue weighted by Crippen LogP contribution is -2.48. The van der Waals surface area contributed by atoms with Gasteiger partial charge in [0.2, 0.25) is 0 Å². The molecule has 132 valence electrons. The second kappa shape index (κ2) is 5.63. The zero-order valence-electron chi connectivity index (χ0n) is 15.4. The van der Waals surface area contributed by atoms with Crippen molar-refractivity contribution in [2.45, 2.75) is 38.8 Å². The van der Waals surface area contributed by atoms with Crippen LogP contribution in [0.4, 0.5) is 4.39 Å². The number of halogens is 1. The molecule has 0 unspecified atom stereocenters. The van der Waals surface area contributed by atoms with E-state index >= 15 is 0 Å². The quantitative estimate of drug-likeness (QED) is 0.609. The first kappa shape index (κ1) is 16.7. The minimum absolute atomic E-state index is 0.245. The van der Waals surface area contributed by atoms with Crippen molar-refractivity contribution in [2.24, 2.45) is 4.99 Å².